The van der Waals surface area contributed by atoms with Crippen molar-refractivity contribution >= 4 is 33.5 Å². The van der Waals surface area contributed by atoms with Crippen LogP contribution < -0.4 is 10.6 Å². The van der Waals surface area contributed by atoms with Gasteiger partial charge in [0.05, 0.1) is 7.11 Å². The predicted octanol–water partition coefficient (Wildman–Crippen LogP) is 2.22. The molecule has 0 fully saturated rings. The Hall–Kier alpha value is -2.79. The Morgan fingerprint density at radius 3 is 2.77 bits per heavy atom. The molecule has 1 aromatic carbocycles. The van der Waals surface area contributed by atoms with E-state index < -0.39 is 17.3 Å². The van der Waals surface area contributed by atoms with Gasteiger partial charge in [0.15, 0.2) is 5.41 Å². The second-order valence-electron chi connectivity index (χ2n) is 5.84. The summed E-state index contributed by atoms with van der Waals surface area (Å²) in [5.41, 5.74) is 5.20. The van der Waals surface area contributed by atoms with E-state index in [9.17, 15) is 14.9 Å². The van der Waals surface area contributed by atoms with Crippen molar-refractivity contribution in [2.75, 3.05) is 18.6 Å². The van der Waals surface area contributed by atoms with Crippen molar-refractivity contribution in [3.8, 4) is 6.07 Å². The number of nitrogens with zero attached hydrogens (tertiary/aromatic N) is 2. The Morgan fingerprint density at radius 2 is 2.19 bits per heavy atom. The van der Waals surface area contributed by atoms with Crippen molar-refractivity contribution in [2.45, 2.75) is 19.3 Å². The number of anilines is 1. The summed E-state index contributed by atoms with van der Waals surface area (Å²) in [6, 6.07) is 7.25. The summed E-state index contributed by atoms with van der Waals surface area (Å²) in [6.07, 6.45) is 0. The molecule has 1 amide bonds. The average molecular weight is 418 g/mol. The number of carbonyl (C=O) groups is 2. The van der Waals surface area contributed by atoms with E-state index in [2.05, 4.69) is 15.9 Å². The van der Waals surface area contributed by atoms with Crippen LogP contribution >= 0.6 is 15.9 Å². The van der Waals surface area contributed by atoms with Crippen LogP contribution in [-0.2, 0) is 24.5 Å². The van der Waals surface area contributed by atoms with Gasteiger partial charge in [0, 0.05) is 22.3 Å². The molecule has 0 saturated carbocycles. The molecule has 1 atom stereocenters. The summed E-state index contributed by atoms with van der Waals surface area (Å²) in [6.45, 7) is 3.70. The van der Waals surface area contributed by atoms with Crippen molar-refractivity contribution < 1.29 is 19.1 Å². The van der Waals surface area contributed by atoms with Crippen LogP contribution in [0.4, 0.5) is 5.69 Å². The van der Waals surface area contributed by atoms with E-state index in [0.29, 0.717) is 22.3 Å². The number of hydrogen-bond acceptors (Lipinski definition) is 6. The van der Waals surface area contributed by atoms with E-state index in [4.69, 9.17) is 15.2 Å². The van der Waals surface area contributed by atoms with Crippen LogP contribution in [0.3, 0.4) is 0 Å². The molecule has 2 N–H and O–H groups in total. The number of esters is 1. The molecule has 134 valence electrons. The predicted molar refractivity (Wildman–Crippen MR) is 96.5 cm³/mol. The molecule has 0 aliphatic carbocycles. The Balaban J connectivity index is 2.50. The molecule has 0 radical (unpaired) electrons. The highest BCUT2D eigenvalue weighted by Gasteiger charge is 2.61. The molecule has 1 spiro atoms. The van der Waals surface area contributed by atoms with Gasteiger partial charge in [0.2, 0.25) is 11.8 Å². The van der Waals surface area contributed by atoms with Crippen molar-refractivity contribution in [1.82, 2.24) is 0 Å². The third kappa shape index (κ3) is 2.10. The maximum atomic E-state index is 13.5. The summed E-state index contributed by atoms with van der Waals surface area (Å²) in [4.78, 5) is 27.7. The second kappa shape index (κ2) is 6.18. The molecule has 2 heterocycles. The molecule has 7 nitrogen and oxygen atoms in total. The maximum Gasteiger partial charge on any atom is 0.339 e. The number of hydrogen-bond donors (Lipinski definition) is 1. The van der Waals surface area contributed by atoms with Crippen LogP contribution in [-0.4, -0.2) is 25.5 Å². The first-order valence-electron chi connectivity index (χ1n) is 7.84. The van der Waals surface area contributed by atoms with Gasteiger partial charge in [-0.3, -0.25) is 4.79 Å². The number of nitrogens with two attached hydrogens (primary N) is 1. The number of rotatable bonds is 2. The lowest BCUT2D eigenvalue weighted by Gasteiger charge is -2.34. The Labute approximate surface area is 158 Å². The maximum absolute atomic E-state index is 13.5. The quantitative estimate of drug-likeness (QED) is 0.739. The van der Waals surface area contributed by atoms with Gasteiger partial charge in [-0.15, -0.1) is 0 Å². The number of nitriles is 1. The van der Waals surface area contributed by atoms with E-state index >= 15 is 0 Å². The summed E-state index contributed by atoms with van der Waals surface area (Å²) in [5.74, 6) is -1.25. The number of carbonyl (C=O) groups excluding carboxylic acids is 2. The minimum atomic E-state index is -1.69. The summed E-state index contributed by atoms with van der Waals surface area (Å²) in [5, 5.41) is 9.79. The SMILES string of the molecule is CCN1C(=O)C2(C(C#N)=C(N)OC(C)=C2C(=O)OC)c2cc(Br)ccc21. The van der Waals surface area contributed by atoms with Crippen LogP contribution in [0.25, 0.3) is 0 Å². The van der Waals surface area contributed by atoms with E-state index in [1.807, 2.05) is 13.0 Å². The van der Waals surface area contributed by atoms with Crippen LogP contribution in [0.5, 0.6) is 0 Å². The van der Waals surface area contributed by atoms with Gasteiger partial charge in [-0.2, -0.15) is 5.26 Å². The molecule has 0 bridgehead atoms. The van der Waals surface area contributed by atoms with Gasteiger partial charge in [-0.25, -0.2) is 4.79 Å². The summed E-state index contributed by atoms with van der Waals surface area (Å²) < 4.78 is 11.0. The molecule has 26 heavy (non-hydrogen) atoms. The fraction of sp³-hybridized carbons (Fsp3) is 0.278. The molecule has 3 rings (SSSR count). The van der Waals surface area contributed by atoms with Gasteiger partial charge in [-0.1, -0.05) is 15.9 Å². The summed E-state index contributed by atoms with van der Waals surface area (Å²) >= 11 is 3.40. The normalized spacial score (nSPS) is 21.7. The minimum absolute atomic E-state index is 0.0361. The third-order valence-electron chi connectivity index (χ3n) is 4.65. The topological polar surface area (TPSA) is 106 Å². The smallest absolute Gasteiger partial charge is 0.339 e. The molecular weight excluding hydrogens is 402 g/mol. The standard InChI is InChI=1S/C18H16BrN3O4/c1-4-22-13-6-5-10(19)7-11(13)18(17(22)24)12(8-20)15(21)26-9(2)14(18)16(23)25-3/h5-7H,4,21H2,1-3H3. The van der Waals surface area contributed by atoms with Crippen LogP contribution in [0.2, 0.25) is 0 Å². The number of amides is 1. The average Bonchev–Trinajstić information content (AvgIpc) is 2.83. The third-order valence-corrected chi connectivity index (χ3v) is 5.14. The first-order chi connectivity index (χ1) is 12.3. The highest BCUT2D eigenvalue weighted by Crippen LogP contribution is 2.54. The number of methoxy groups -OCH3 is 1. The van der Waals surface area contributed by atoms with Gasteiger partial charge in [0.1, 0.15) is 23.0 Å². The minimum Gasteiger partial charge on any atom is -0.466 e. The van der Waals surface area contributed by atoms with Gasteiger partial charge in [0.25, 0.3) is 0 Å². The number of fused-ring (bicyclic) bond motifs is 2. The Morgan fingerprint density at radius 1 is 1.50 bits per heavy atom. The number of ether oxygens (including phenoxy) is 2. The highest BCUT2D eigenvalue weighted by molar-refractivity contribution is 9.10. The largest absolute Gasteiger partial charge is 0.466 e. The monoisotopic (exact) mass is 417 g/mol. The first kappa shape index (κ1) is 18.0. The zero-order chi connectivity index (χ0) is 19.2. The Bertz CT molecular complexity index is 944. The zero-order valence-corrected chi connectivity index (χ0v) is 16.0. The fourth-order valence-corrected chi connectivity index (χ4v) is 4.01. The van der Waals surface area contributed by atoms with Crippen molar-refractivity contribution in [3.05, 3.63) is 51.0 Å². The van der Waals surface area contributed by atoms with E-state index in [1.165, 1.54) is 18.9 Å². The molecule has 2 aliphatic heterocycles. The molecule has 0 saturated heterocycles. The van der Waals surface area contributed by atoms with Crippen molar-refractivity contribution in [1.29, 1.82) is 5.26 Å². The van der Waals surface area contributed by atoms with Crippen LogP contribution in [0.1, 0.15) is 19.4 Å². The number of benzene rings is 1. The number of likely N-dealkylation sites (N-methyl/N-ethyl adjacent to an activating group) is 1. The van der Waals surface area contributed by atoms with Crippen molar-refractivity contribution in [2.24, 2.45) is 5.73 Å². The van der Waals surface area contributed by atoms with Crippen LogP contribution in [0, 0.1) is 11.3 Å². The Kier molecular flexibility index (Phi) is 4.28. The van der Waals surface area contributed by atoms with Crippen molar-refractivity contribution in [3.63, 3.8) is 0 Å². The highest BCUT2D eigenvalue weighted by atomic mass is 79.9. The lowest BCUT2D eigenvalue weighted by Crippen LogP contribution is -2.48. The van der Waals surface area contributed by atoms with E-state index in [1.54, 1.807) is 18.2 Å². The second-order valence-corrected chi connectivity index (χ2v) is 6.75. The molecule has 1 aromatic rings. The van der Waals surface area contributed by atoms with Gasteiger partial charge in [-0.05, 0) is 32.0 Å². The first-order valence-corrected chi connectivity index (χ1v) is 8.63. The number of halogens is 1. The van der Waals surface area contributed by atoms with Gasteiger partial charge < -0.3 is 20.1 Å². The molecule has 0 aromatic heterocycles. The lowest BCUT2D eigenvalue weighted by atomic mass is 9.68. The van der Waals surface area contributed by atoms with Gasteiger partial charge >= 0.3 is 5.97 Å². The molecule has 8 heteroatoms. The molecular formula is C18H16BrN3O4. The summed E-state index contributed by atoms with van der Waals surface area (Å²) in [7, 11) is 1.21. The lowest BCUT2D eigenvalue weighted by molar-refractivity contribution is -0.138. The molecule has 2 aliphatic rings. The fourth-order valence-electron chi connectivity index (χ4n) is 3.65. The molecule has 1 unspecified atom stereocenters. The number of allylic oxidation sites excluding steroid dienone is 1. The van der Waals surface area contributed by atoms with E-state index in [-0.39, 0.29) is 22.8 Å². The zero-order valence-electron chi connectivity index (χ0n) is 14.4. The van der Waals surface area contributed by atoms with E-state index in [0.717, 1.165) is 0 Å². The van der Waals surface area contributed by atoms with Crippen LogP contribution in [0.15, 0.2) is 45.5 Å².